The minimum absolute atomic E-state index is 0.0161. The summed E-state index contributed by atoms with van der Waals surface area (Å²) in [5.74, 6) is -1.62. The second-order valence-electron chi connectivity index (χ2n) is 6.70. The Bertz CT molecular complexity index is 1050. The van der Waals surface area contributed by atoms with Gasteiger partial charge in [0.05, 0.1) is 15.6 Å². The highest BCUT2D eigenvalue weighted by atomic mass is 35.5. The molecule has 0 atom stereocenters. The number of imide groups is 1. The van der Waals surface area contributed by atoms with Gasteiger partial charge in [0.2, 0.25) is 0 Å². The zero-order valence-corrected chi connectivity index (χ0v) is 15.7. The number of rotatable bonds is 4. The Morgan fingerprint density at radius 2 is 1.62 bits per heavy atom. The van der Waals surface area contributed by atoms with Crippen LogP contribution in [0.4, 0.5) is 15.8 Å². The molecule has 0 spiro atoms. The number of hydrogen-bond acceptors (Lipinski definition) is 5. The molecule has 0 radical (unpaired) electrons. The van der Waals surface area contributed by atoms with Gasteiger partial charge in [0.25, 0.3) is 17.5 Å². The predicted octanol–water partition coefficient (Wildman–Crippen LogP) is 4.92. The highest BCUT2D eigenvalue weighted by Crippen LogP contribution is 2.40. The number of anilines is 1. The quantitative estimate of drug-likeness (QED) is 0.400. The van der Waals surface area contributed by atoms with Gasteiger partial charge >= 0.3 is 0 Å². The van der Waals surface area contributed by atoms with Crippen molar-refractivity contribution in [3.63, 3.8) is 0 Å². The maximum Gasteiger partial charge on any atom is 0.269 e. The third kappa shape index (κ3) is 3.36. The average Bonchev–Trinajstić information content (AvgIpc) is 2.95. The van der Waals surface area contributed by atoms with Crippen molar-refractivity contribution in [1.82, 2.24) is 0 Å². The van der Waals surface area contributed by atoms with E-state index in [0.29, 0.717) is 24.0 Å². The Balaban J connectivity index is 1.67. The van der Waals surface area contributed by atoms with Crippen LogP contribution >= 0.6 is 11.6 Å². The highest BCUT2D eigenvalue weighted by Gasteiger charge is 2.41. The molecular formula is C20H14ClFN2O5. The third-order valence-electron chi connectivity index (χ3n) is 4.91. The topological polar surface area (TPSA) is 89.8 Å². The summed E-state index contributed by atoms with van der Waals surface area (Å²) >= 11 is 6.06. The van der Waals surface area contributed by atoms with Gasteiger partial charge < -0.3 is 4.74 Å². The summed E-state index contributed by atoms with van der Waals surface area (Å²) in [6, 6.07) is 7.38. The first-order valence-corrected chi connectivity index (χ1v) is 9.27. The molecule has 0 saturated heterocycles. The lowest BCUT2D eigenvalue weighted by Gasteiger charge is -2.18. The molecule has 2 amide bonds. The van der Waals surface area contributed by atoms with E-state index in [-0.39, 0.29) is 27.9 Å². The number of carbonyl (C=O) groups excluding carboxylic acids is 2. The molecule has 0 saturated carbocycles. The van der Waals surface area contributed by atoms with E-state index in [2.05, 4.69) is 0 Å². The van der Waals surface area contributed by atoms with E-state index in [4.69, 9.17) is 16.3 Å². The summed E-state index contributed by atoms with van der Waals surface area (Å²) in [7, 11) is 0. The summed E-state index contributed by atoms with van der Waals surface area (Å²) in [5, 5.41) is 10.7. The van der Waals surface area contributed by atoms with Crippen molar-refractivity contribution in [2.24, 2.45) is 0 Å². The third-order valence-corrected chi connectivity index (χ3v) is 5.20. The van der Waals surface area contributed by atoms with E-state index in [1.54, 1.807) is 0 Å². The van der Waals surface area contributed by atoms with Gasteiger partial charge in [0.15, 0.2) is 0 Å². The van der Waals surface area contributed by atoms with Gasteiger partial charge in [-0.05, 0) is 43.9 Å². The second kappa shape index (κ2) is 7.29. The molecular weight excluding hydrogens is 403 g/mol. The number of non-ortho nitro benzene ring substituents is 1. The fourth-order valence-electron chi connectivity index (χ4n) is 3.49. The van der Waals surface area contributed by atoms with Crippen LogP contribution in [0, 0.1) is 15.9 Å². The van der Waals surface area contributed by atoms with Crippen LogP contribution < -0.4 is 9.64 Å². The Kier molecular flexibility index (Phi) is 4.79. The van der Waals surface area contributed by atoms with E-state index in [1.165, 1.54) is 30.3 Å². The van der Waals surface area contributed by atoms with E-state index in [1.807, 2.05) is 0 Å². The fourth-order valence-corrected chi connectivity index (χ4v) is 3.68. The van der Waals surface area contributed by atoms with E-state index in [9.17, 15) is 24.1 Å². The first-order chi connectivity index (χ1) is 13.9. The molecule has 2 aromatic carbocycles. The molecule has 4 rings (SSSR count). The number of carbonyl (C=O) groups is 2. The number of nitrogens with zero attached hydrogens (tertiary/aromatic N) is 2. The van der Waals surface area contributed by atoms with Crippen LogP contribution in [0.3, 0.4) is 0 Å². The Labute approximate surface area is 169 Å². The van der Waals surface area contributed by atoms with Crippen molar-refractivity contribution in [2.45, 2.75) is 25.7 Å². The molecule has 0 unspecified atom stereocenters. The molecule has 9 heteroatoms. The number of nitro benzene ring substituents is 1. The van der Waals surface area contributed by atoms with Crippen molar-refractivity contribution in [2.75, 3.05) is 4.90 Å². The van der Waals surface area contributed by atoms with Gasteiger partial charge in [-0.2, -0.15) is 0 Å². The molecule has 0 fully saturated rings. The van der Waals surface area contributed by atoms with Crippen LogP contribution in [-0.2, 0) is 9.59 Å². The van der Waals surface area contributed by atoms with Gasteiger partial charge in [0.1, 0.15) is 17.3 Å². The molecule has 1 heterocycles. The van der Waals surface area contributed by atoms with E-state index in [0.717, 1.165) is 23.8 Å². The molecule has 148 valence electrons. The van der Waals surface area contributed by atoms with Crippen molar-refractivity contribution >= 4 is 34.8 Å². The SMILES string of the molecule is O=C1C2=C(CCCC2)C(=O)N1c1cc(Oc2ccc([N+](=O)[O-])cc2)c(Cl)cc1F. The summed E-state index contributed by atoms with van der Waals surface area (Å²) in [6.45, 7) is 0. The molecule has 2 aromatic rings. The van der Waals surface area contributed by atoms with E-state index >= 15 is 0 Å². The first-order valence-electron chi connectivity index (χ1n) is 8.89. The van der Waals surface area contributed by atoms with Gasteiger partial charge in [0, 0.05) is 29.3 Å². The Morgan fingerprint density at radius 3 is 2.17 bits per heavy atom. The number of nitro groups is 1. The largest absolute Gasteiger partial charge is 0.456 e. The predicted molar refractivity (Wildman–Crippen MR) is 103 cm³/mol. The van der Waals surface area contributed by atoms with Crippen LogP contribution in [-0.4, -0.2) is 16.7 Å². The molecule has 1 aliphatic carbocycles. The zero-order chi connectivity index (χ0) is 20.7. The number of benzene rings is 2. The molecule has 0 aromatic heterocycles. The summed E-state index contributed by atoms with van der Waals surface area (Å²) in [6.07, 6.45) is 2.61. The number of amides is 2. The lowest BCUT2D eigenvalue weighted by molar-refractivity contribution is -0.384. The van der Waals surface area contributed by atoms with Crippen LogP contribution in [0.15, 0.2) is 47.5 Å². The monoisotopic (exact) mass is 416 g/mol. The van der Waals surface area contributed by atoms with Crippen molar-refractivity contribution in [1.29, 1.82) is 0 Å². The molecule has 7 nitrogen and oxygen atoms in total. The van der Waals surface area contributed by atoms with Gasteiger partial charge in [-0.1, -0.05) is 11.6 Å². The standard InChI is InChI=1S/C20H14ClFN2O5/c21-15-9-16(22)17(23-19(25)13-3-1-2-4-14(13)20(23)26)10-18(15)29-12-7-5-11(6-8-12)24(27)28/h5-10H,1-4H2. The van der Waals surface area contributed by atoms with Crippen LogP contribution in [0.25, 0.3) is 0 Å². The fraction of sp³-hybridized carbons (Fsp3) is 0.200. The summed E-state index contributed by atoms with van der Waals surface area (Å²) in [4.78, 5) is 36.4. The van der Waals surface area contributed by atoms with Crippen LogP contribution in [0.5, 0.6) is 11.5 Å². The van der Waals surface area contributed by atoms with Crippen LogP contribution in [0.2, 0.25) is 5.02 Å². The Hall–Kier alpha value is -3.26. The summed E-state index contributed by atoms with van der Waals surface area (Å²) in [5.41, 5.74) is 0.519. The minimum Gasteiger partial charge on any atom is -0.456 e. The van der Waals surface area contributed by atoms with Gasteiger partial charge in [-0.25, -0.2) is 9.29 Å². The van der Waals surface area contributed by atoms with Gasteiger partial charge in [-0.15, -0.1) is 0 Å². The second-order valence-corrected chi connectivity index (χ2v) is 7.10. The maximum atomic E-state index is 14.6. The first kappa shape index (κ1) is 19.1. The van der Waals surface area contributed by atoms with Crippen molar-refractivity contribution in [3.8, 4) is 11.5 Å². The normalized spacial score (nSPS) is 16.3. The molecule has 0 bridgehead atoms. The number of hydrogen-bond donors (Lipinski definition) is 0. The minimum atomic E-state index is -0.826. The highest BCUT2D eigenvalue weighted by molar-refractivity contribution is 6.34. The number of halogens is 2. The number of ether oxygens (including phenoxy) is 1. The Morgan fingerprint density at radius 1 is 1.03 bits per heavy atom. The van der Waals surface area contributed by atoms with Crippen molar-refractivity contribution < 1.29 is 23.6 Å². The van der Waals surface area contributed by atoms with E-state index < -0.39 is 22.6 Å². The zero-order valence-electron chi connectivity index (χ0n) is 15.0. The molecule has 29 heavy (non-hydrogen) atoms. The molecule has 2 aliphatic rings. The van der Waals surface area contributed by atoms with Crippen LogP contribution in [0.1, 0.15) is 25.7 Å². The summed E-state index contributed by atoms with van der Waals surface area (Å²) < 4.78 is 20.2. The van der Waals surface area contributed by atoms with Gasteiger partial charge in [-0.3, -0.25) is 19.7 Å². The smallest absolute Gasteiger partial charge is 0.269 e. The maximum absolute atomic E-state index is 14.6. The lowest BCUT2D eigenvalue weighted by atomic mass is 9.93. The molecule has 0 N–H and O–H groups in total. The van der Waals surface area contributed by atoms with Crippen molar-refractivity contribution in [3.05, 3.63) is 68.5 Å². The average molecular weight is 417 g/mol. The lowest BCUT2D eigenvalue weighted by Crippen LogP contribution is -2.32. The molecule has 1 aliphatic heterocycles.